The molecule has 7 aromatic carbocycles. The molecule has 0 unspecified atom stereocenters. The maximum absolute atomic E-state index is 2.37. The van der Waals surface area contributed by atoms with Crippen LogP contribution in [0.5, 0.6) is 0 Å². The predicted molar refractivity (Wildman–Crippen MR) is 178 cm³/mol. The summed E-state index contributed by atoms with van der Waals surface area (Å²) in [7, 11) is 0. The minimum atomic E-state index is 1.30. The van der Waals surface area contributed by atoms with Crippen LogP contribution >= 0.6 is 22.7 Å². The molecule has 9 rings (SSSR count). The molecule has 0 saturated heterocycles. The minimum Gasteiger partial charge on any atom is -0.135 e. The highest BCUT2D eigenvalue weighted by atomic mass is 32.1. The summed E-state index contributed by atoms with van der Waals surface area (Å²) >= 11 is 3.81. The number of hydrogen-bond donors (Lipinski definition) is 0. The van der Waals surface area contributed by atoms with Gasteiger partial charge in [-0.15, -0.1) is 22.7 Å². The fourth-order valence-corrected chi connectivity index (χ4v) is 8.95. The first-order chi connectivity index (χ1) is 19.8. The van der Waals surface area contributed by atoms with Crippen molar-refractivity contribution in [3.8, 4) is 21.6 Å². The van der Waals surface area contributed by atoms with Crippen molar-refractivity contribution >= 4 is 85.2 Å². The van der Waals surface area contributed by atoms with Gasteiger partial charge < -0.3 is 0 Å². The van der Waals surface area contributed by atoms with E-state index in [0.717, 1.165) is 0 Å². The van der Waals surface area contributed by atoms with Gasteiger partial charge in [-0.2, -0.15) is 0 Å². The van der Waals surface area contributed by atoms with Crippen LogP contribution in [0.3, 0.4) is 0 Å². The maximum atomic E-state index is 2.37. The molecule has 0 aliphatic heterocycles. The first-order valence-corrected chi connectivity index (χ1v) is 15.2. The summed E-state index contributed by atoms with van der Waals surface area (Å²) in [6.45, 7) is 0. The van der Waals surface area contributed by atoms with Crippen molar-refractivity contribution in [2.75, 3.05) is 0 Å². The van der Waals surface area contributed by atoms with Gasteiger partial charge in [-0.05, 0) is 67.0 Å². The lowest BCUT2D eigenvalue weighted by molar-refractivity contribution is 1.73. The summed E-state index contributed by atoms with van der Waals surface area (Å²) in [6.07, 6.45) is 0. The third kappa shape index (κ3) is 3.12. The lowest BCUT2D eigenvalue weighted by Crippen LogP contribution is -1.90. The molecule has 0 amide bonds. The molecule has 0 atom stereocenters. The van der Waals surface area contributed by atoms with Crippen LogP contribution in [0.2, 0.25) is 0 Å². The molecule has 40 heavy (non-hydrogen) atoms. The molecule has 0 aliphatic carbocycles. The van der Waals surface area contributed by atoms with E-state index in [1.807, 2.05) is 22.7 Å². The number of thiophene rings is 2. The predicted octanol–water partition coefficient (Wildman–Crippen LogP) is 12.1. The number of hydrogen-bond acceptors (Lipinski definition) is 2. The Hall–Kier alpha value is -4.50. The van der Waals surface area contributed by atoms with E-state index in [9.17, 15) is 0 Å². The maximum Gasteiger partial charge on any atom is 0.0434 e. The second kappa shape index (κ2) is 8.50. The van der Waals surface area contributed by atoms with E-state index in [1.54, 1.807) is 0 Å². The Bertz CT molecular complexity index is 2350. The topological polar surface area (TPSA) is 0 Å². The molecule has 2 aromatic heterocycles. The SMILES string of the molecule is c1ccc2sc(-c3c4ccccc4c(-c4cccc5sc6c7ccccc7ccc6c45)c4ccccc34)cc2c1. The first kappa shape index (κ1) is 22.3. The average Bonchev–Trinajstić information content (AvgIpc) is 3.61. The quantitative estimate of drug-likeness (QED) is 0.191. The molecule has 0 radical (unpaired) electrons. The van der Waals surface area contributed by atoms with Crippen LogP contribution in [0.4, 0.5) is 0 Å². The molecule has 9 aromatic rings. The van der Waals surface area contributed by atoms with Crippen LogP contribution in [0, 0.1) is 0 Å². The number of fused-ring (bicyclic) bond motifs is 8. The van der Waals surface area contributed by atoms with Crippen LogP contribution in [0.25, 0.3) is 84.1 Å². The molecule has 186 valence electrons. The van der Waals surface area contributed by atoms with Gasteiger partial charge in [-0.3, -0.25) is 0 Å². The number of benzene rings is 7. The van der Waals surface area contributed by atoms with Gasteiger partial charge in [-0.1, -0.05) is 115 Å². The normalized spacial score (nSPS) is 12.0. The van der Waals surface area contributed by atoms with E-state index in [2.05, 4.69) is 133 Å². The molecule has 0 fully saturated rings. The van der Waals surface area contributed by atoms with Crippen molar-refractivity contribution in [3.63, 3.8) is 0 Å². The minimum absolute atomic E-state index is 1.30. The Labute approximate surface area is 239 Å². The highest BCUT2D eigenvalue weighted by molar-refractivity contribution is 7.26. The summed E-state index contributed by atoms with van der Waals surface area (Å²) in [5.41, 5.74) is 3.98. The van der Waals surface area contributed by atoms with Crippen molar-refractivity contribution in [2.24, 2.45) is 0 Å². The molecule has 0 saturated carbocycles. The zero-order chi connectivity index (χ0) is 26.2. The summed E-state index contributed by atoms with van der Waals surface area (Å²) < 4.78 is 4.04. The summed E-state index contributed by atoms with van der Waals surface area (Å²) in [5.74, 6) is 0. The monoisotopic (exact) mass is 542 g/mol. The molecule has 2 heterocycles. The third-order valence-corrected chi connectivity index (χ3v) is 10.6. The highest BCUT2D eigenvalue weighted by Crippen LogP contribution is 2.49. The Morgan fingerprint density at radius 2 is 0.975 bits per heavy atom. The largest absolute Gasteiger partial charge is 0.135 e. The van der Waals surface area contributed by atoms with Gasteiger partial charge in [0.25, 0.3) is 0 Å². The molecule has 0 bridgehead atoms. The lowest BCUT2D eigenvalue weighted by Gasteiger charge is -2.17. The standard InChI is InChI=1S/C38H22S2/c1-3-12-25-23(10-1)20-21-31-37-30(17-9-19-33(37)40-38(25)31)35-26-13-4-6-15-28(26)36(29-16-7-5-14-27(29)35)34-22-24-11-2-8-18-32(24)39-34/h1-22H. The third-order valence-electron chi connectivity index (χ3n) is 8.26. The average molecular weight is 543 g/mol. The van der Waals surface area contributed by atoms with Crippen molar-refractivity contribution in [3.05, 3.63) is 133 Å². The van der Waals surface area contributed by atoms with Crippen LogP contribution in [-0.2, 0) is 0 Å². The van der Waals surface area contributed by atoms with Gasteiger partial charge >= 0.3 is 0 Å². The van der Waals surface area contributed by atoms with Crippen LogP contribution < -0.4 is 0 Å². The first-order valence-electron chi connectivity index (χ1n) is 13.6. The van der Waals surface area contributed by atoms with E-state index < -0.39 is 0 Å². The Kier molecular flexibility index (Phi) is 4.74. The van der Waals surface area contributed by atoms with Crippen molar-refractivity contribution in [1.82, 2.24) is 0 Å². The van der Waals surface area contributed by atoms with Crippen molar-refractivity contribution < 1.29 is 0 Å². The molecule has 0 N–H and O–H groups in total. The van der Waals surface area contributed by atoms with Gasteiger partial charge in [0.1, 0.15) is 0 Å². The summed E-state index contributed by atoms with van der Waals surface area (Å²) in [5, 5.41) is 11.9. The summed E-state index contributed by atoms with van der Waals surface area (Å²) in [4.78, 5) is 1.32. The fraction of sp³-hybridized carbons (Fsp3) is 0. The van der Waals surface area contributed by atoms with E-state index in [0.29, 0.717) is 0 Å². The molecule has 2 heteroatoms. The van der Waals surface area contributed by atoms with E-state index in [-0.39, 0.29) is 0 Å². The lowest BCUT2D eigenvalue weighted by atomic mass is 9.86. The van der Waals surface area contributed by atoms with Crippen LogP contribution in [0.15, 0.2) is 133 Å². The van der Waals surface area contributed by atoms with Crippen molar-refractivity contribution in [1.29, 1.82) is 0 Å². The number of rotatable bonds is 2. The van der Waals surface area contributed by atoms with Crippen LogP contribution in [0.1, 0.15) is 0 Å². The van der Waals surface area contributed by atoms with E-state index >= 15 is 0 Å². The zero-order valence-electron chi connectivity index (χ0n) is 21.5. The van der Waals surface area contributed by atoms with Crippen LogP contribution in [-0.4, -0.2) is 0 Å². The molecule has 0 nitrogen and oxygen atoms in total. The van der Waals surface area contributed by atoms with Gasteiger partial charge in [0, 0.05) is 35.3 Å². The smallest absolute Gasteiger partial charge is 0.0434 e. The van der Waals surface area contributed by atoms with Gasteiger partial charge in [0.15, 0.2) is 0 Å². The van der Waals surface area contributed by atoms with Gasteiger partial charge in [0.2, 0.25) is 0 Å². The second-order valence-corrected chi connectivity index (χ2v) is 12.6. The molecule has 0 aliphatic rings. The Balaban J connectivity index is 1.45. The Morgan fingerprint density at radius 1 is 0.375 bits per heavy atom. The van der Waals surface area contributed by atoms with E-state index in [1.165, 1.54) is 84.1 Å². The molecular weight excluding hydrogens is 521 g/mol. The van der Waals surface area contributed by atoms with Crippen molar-refractivity contribution in [2.45, 2.75) is 0 Å². The van der Waals surface area contributed by atoms with E-state index in [4.69, 9.17) is 0 Å². The fourth-order valence-electron chi connectivity index (χ4n) is 6.55. The highest BCUT2D eigenvalue weighted by Gasteiger charge is 2.20. The van der Waals surface area contributed by atoms with Gasteiger partial charge in [0.05, 0.1) is 0 Å². The molecular formula is C38H22S2. The second-order valence-electron chi connectivity index (χ2n) is 10.4. The molecule has 0 spiro atoms. The summed E-state index contributed by atoms with van der Waals surface area (Å²) in [6, 6.07) is 49.3. The van der Waals surface area contributed by atoms with Gasteiger partial charge in [-0.25, -0.2) is 0 Å². The Morgan fingerprint density at radius 3 is 1.70 bits per heavy atom. The zero-order valence-corrected chi connectivity index (χ0v) is 23.2.